The minimum absolute atomic E-state index is 1.67. The summed E-state index contributed by atoms with van der Waals surface area (Å²) in [7, 11) is 0. The van der Waals surface area contributed by atoms with E-state index in [0.717, 1.165) is 0 Å². The van der Waals surface area contributed by atoms with Crippen LogP contribution in [0.2, 0.25) is 0 Å². The summed E-state index contributed by atoms with van der Waals surface area (Å²) in [6.07, 6.45) is 0. The largest absolute Gasteiger partial charge is 0.503 e. The lowest BCUT2D eigenvalue weighted by molar-refractivity contribution is 0.335. The average Bonchev–Trinajstić information content (AvgIpc) is 2.50. The first-order chi connectivity index (χ1) is 10.1. The van der Waals surface area contributed by atoms with Crippen molar-refractivity contribution >= 4 is 0 Å². The zero-order valence-corrected chi connectivity index (χ0v) is 10.1. The van der Waals surface area contributed by atoms with Gasteiger partial charge in [-0.2, -0.15) is 4.39 Å². The van der Waals surface area contributed by atoms with Gasteiger partial charge in [-0.15, -0.1) is 0 Å². The van der Waals surface area contributed by atoms with E-state index in [9.17, 15) is 26.3 Å². The van der Waals surface area contributed by atoms with Crippen molar-refractivity contribution in [3.8, 4) is 34.1 Å². The summed E-state index contributed by atoms with van der Waals surface area (Å²) in [6.45, 7) is 0. The molecule has 0 aromatic heterocycles. The molecule has 0 aliphatic heterocycles. The fourth-order valence-electron chi connectivity index (χ4n) is 1.71. The van der Waals surface area contributed by atoms with E-state index in [1.807, 2.05) is 0 Å². The molecule has 2 aromatic carbocycles. The third kappa shape index (κ3) is 1.87. The summed E-state index contributed by atoms with van der Waals surface area (Å²) in [6, 6.07) is 0. The van der Waals surface area contributed by atoms with Crippen LogP contribution in [0.3, 0.4) is 0 Å². The predicted octanol–water partition coefficient (Wildman–Crippen LogP) is 3.01. The van der Waals surface area contributed by atoms with Gasteiger partial charge in [-0.25, -0.2) is 22.0 Å². The number of aromatic hydroxyl groups is 4. The summed E-state index contributed by atoms with van der Waals surface area (Å²) in [5, 5.41) is 36.1. The van der Waals surface area contributed by atoms with Gasteiger partial charge in [-0.05, 0) is 0 Å². The predicted molar refractivity (Wildman–Crippen MR) is 58.3 cm³/mol. The Balaban J connectivity index is 3.03. The zero-order chi connectivity index (χ0) is 16.9. The number of phenols is 4. The van der Waals surface area contributed by atoms with E-state index >= 15 is 0 Å². The van der Waals surface area contributed by atoms with Gasteiger partial charge in [0.2, 0.25) is 11.6 Å². The number of rotatable bonds is 1. The van der Waals surface area contributed by atoms with Crippen molar-refractivity contribution in [2.45, 2.75) is 0 Å². The Hall–Kier alpha value is -2.78. The van der Waals surface area contributed by atoms with E-state index in [0.29, 0.717) is 0 Å². The van der Waals surface area contributed by atoms with Gasteiger partial charge in [-0.1, -0.05) is 0 Å². The highest BCUT2D eigenvalue weighted by atomic mass is 19.2. The summed E-state index contributed by atoms with van der Waals surface area (Å²) in [5.41, 5.74) is -3.77. The minimum atomic E-state index is -2.44. The summed E-state index contributed by atoms with van der Waals surface area (Å²) in [4.78, 5) is 0. The first kappa shape index (κ1) is 15.6. The van der Waals surface area contributed by atoms with Crippen LogP contribution >= 0.6 is 0 Å². The second-order valence-electron chi connectivity index (χ2n) is 4.03. The molecular formula is C12H4F6O4. The highest BCUT2D eigenvalue weighted by Crippen LogP contribution is 2.47. The molecule has 0 atom stereocenters. The molecule has 0 spiro atoms. The van der Waals surface area contributed by atoms with Gasteiger partial charge >= 0.3 is 0 Å². The van der Waals surface area contributed by atoms with E-state index in [2.05, 4.69) is 0 Å². The maximum atomic E-state index is 13.7. The van der Waals surface area contributed by atoms with Crippen molar-refractivity contribution in [1.82, 2.24) is 0 Å². The molecule has 0 heterocycles. The second kappa shape index (κ2) is 4.90. The molecule has 0 fully saturated rings. The van der Waals surface area contributed by atoms with Crippen molar-refractivity contribution in [3.63, 3.8) is 0 Å². The highest BCUT2D eigenvalue weighted by Gasteiger charge is 2.33. The number of benzene rings is 2. The molecule has 4 nitrogen and oxygen atoms in total. The lowest BCUT2D eigenvalue weighted by Crippen LogP contribution is -2.03. The Morgan fingerprint density at radius 1 is 0.364 bits per heavy atom. The molecule has 2 rings (SSSR count). The number of halogens is 6. The molecule has 0 saturated heterocycles. The van der Waals surface area contributed by atoms with Gasteiger partial charge in [0.1, 0.15) is 0 Å². The molecule has 0 radical (unpaired) electrons. The Bertz CT molecular complexity index is 680. The summed E-state index contributed by atoms with van der Waals surface area (Å²) >= 11 is 0. The Kier molecular flexibility index (Phi) is 3.47. The fraction of sp³-hybridized carbons (Fsp3) is 0. The zero-order valence-electron chi connectivity index (χ0n) is 10.1. The normalized spacial score (nSPS) is 11.0. The van der Waals surface area contributed by atoms with Crippen LogP contribution in [-0.4, -0.2) is 20.4 Å². The monoisotopic (exact) mass is 326 g/mol. The number of phenolic OH excluding ortho intramolecular Hbond substituents is 4. The fourth-order valence-corrected chi connectivity index (χ4v) is 1.71. The van der Waals surface area contributed by atoms with Crippen LogP contribution < -0.4 is 0 Å². The molecule has 2 aromatic rings. The van der Waals surface area contributed by atoms with E-state index < -0.39 is 69.0 Å². The van der Waals surface area contributed by atoms with Crippen LogP contribution in [0.1, 0.15) is 0 Å². The minimum Gasteiger partial charge on any atom is -0.503 e. The van der Waals surface area contributed by atoms with Crippen LogP contribution in [0.25, 0.3) is 11.1 Å². The molecule has 118 valence electrons. The number of hydrogen-bond donors (Lipinski definition) is 4. The standard InChI is InChI=1S/C12H4F6O4/c13-3-1(4(14)9(19)8(18)7(3)17)2-5(15)10(20)12(22)11(21)6(2)16/h19-22H. The number of hydrogen-bond acceptors (Lipinski definition) is 4. The molecular weight excluding hydrogens is 322 g/mol. The van der Waals surface area contributed by atoms with E-state index in [1.165, 1.54) is 0 Å². The molecule has 4 N–H and O–H groups in total. The third-order valence-corrected chi connectivity index (χ3v) is 2.79. The van der Waals surface area contributed by atoms with Crippen molar-refractivity contribution in [2.24, 2.45) is 0 Å². The van der Waals surface area contributed by atoms with E-state index in [4.69, 9.17) is 20.4 Å². The first-order valence-electron chi connectivity index (χ1n) is 5.28. The Labute approximate surface area is 117 Å². The molecule has 0 aliphatic carbocycles. The Morgan fingerprint density at radius 3 is 1.18 bits per heavy atom. The summed E-state index contributed by atoms with van der Waals surface area (Å²) in [5.74, 6) is -21.2. The molecule has 0 saturated carbocycles. The van der Waals surface area contributed by atoms with Crippen LogP contribution in [0.5, 0.6) is 23.0 Å². The average molecular weight is 326 g/mol. The van der Waals surface area contributed by atoms with Gasteiger partial charge in [0.25, 0.3) is 0 Å². The summed E-state index contributed by atoms with van der Waals surface area (Å²) < 4.78 is 80.8. The lowest BCUT2D eigenvalue weighted by Gasteiger charge is -2.13. The molecule has 0 bridgehead atoms. The van der Waals surface area contributed by atoms with Gasteiger partial charge < -0.3 is 20.4 Å². The van der Waals surface area contributed by atoms with Crippen LogP contribution in [0.4, 0.5) is 26.3 Å². The van der Waals surface area contributed by atoms with E-state index in [1.54, 1.807) is 0 Å². The molecule has 0 aliphatic rings. The van der Waals surface area contributed by atoms with Gasteiger partial charge in [0.05, 0.1) is 11.1 Å². The van der Waals surface area contributed by atoms with Gasteiger partial charge in [-0.3, -0.25) is 0 Å². The highest BCUT2D eigenvalue weighted by molar-refractivity contribution is 5.74. The maximum absolute atomic E-state index is 13.7. The SMILES string of the molecule is Oc1c(O)c(F)c(-c2c(F)c(O)c(F)c(F)c2F)c(F)c1O. The van der Waals surface area contributed by atoms with Gasteiger partial charge in [0, 0.05) is 0 Å². The second-order valence-corrected chi connectivity index (χ2v) is 4.03. The van der Waals surface area contributed by atoms with Crippen LogP contribution in [0.15, 0.2) is 0 Å². The molecule has 0 amide bonds. The van der Waals surface area contributed by atoms with Crippen LogP contribution in [0, 0.1) is 34.9 Å². The van der Waals surface area contributed by atoms with Crippen LogP contribution in [-0.2, 0) is 0 Å². The Morgan fingerprint density at radius 2 is 0.727 bits per heavy atom. The van der Waals surface area contributed by atoms with Crippen molar-refractivity contribution in [1.29, 1.82) is 0 Å². The van der Waals surface area contributed by atoms with Crippen molar-refractivity contribution < 1.29 is 46.8 Å². The van der Waals surface area contributed by atoms with Crippen molar-refractivity contribution in [2.75, 3.05) is 0 Å². The third-order valence-electron chi connectivity index (χ3n) is 2.79. The quantitative estimate of drug-likeness (QED) is 0.281. The molecule has 0 unspecified atom stereocenters. The lowest BCUT2D eigenvalue weighted by atomic mass is 10.0. The smallest absolute Gasteiger partial charge is 0.206 e. The molecule has 10 heteroatoms. The molecule has 22 heavy (non-hydrogen) atoms. The van der Waals surface area contributed by atoms with E-state index in [-0.39, 0.29) is 0 Å². The van der Waals surface area contributed by atoms with Crippen molar-refractivity contribution in [3.05, 3.63) is 34.9 Å². The maximum Gasteiger partial charge on any atom is 0.206 e. The topological polar surface area (TPSA) is 80.9 Å². The van der Waals surface area contributed by atoms with Gasteiger partial charge in [0.15, 0.2) is 46.3 Å². The first-order valence-corrected chi connectivity index (χ1v) is 5.28.